The second kappa shape index (κ2) is 7.31. The van der Waals surface area contributed by atoms with Gasteiger partial charge in [0.1, 0.15) is 5.02 Å². The summed E-state index contributed by atoms with van der Waals surface area (Å²) in [6.45, 7) is 7.81. The van der Waals surface area contributed by atoms with Gasteiger partial charge in [-0.05, 0) is 36.6 Å². The molecular weight excluding hydrogens is 397 g/mol. The van der Waals surface area contributed by atoms with Gasteiger partial charge in [0.15, 0.2) is 0 Å². The molecule has 0 N–H and O–H groups in total. The van der Waals surface area contributed by atoms with Crippen molar-refractivity contribution in [3.8, 4) is 5.69 Å². The predicted molar refractivity (Wildman–Crippen MR) is 104 cm³/mol. The van der Waals surface area contributed by atoms with E-state index < -0.39 is 15.6 Å². The van der Waals surface area contributed by atoms with Gasteiger partial charge in [-0.25, -0.2) is 8.42 Å². The van der Waals surface area contributed by atoms with Crippen molar-refractivity contribution in [1.29, 1.82) is 0 Å². The average Bonchev–Trinajstić information content (AvgIpc) is 2.58. The number of nitrogens with zero attached hydrogens (tertiary/aromatic N) is 3. The molecule has 1 atom stereocenters. The molecule has 9 heteroatoms. The molecule has 0 bridgehead atoms. The summed E-state index contributed by atoms with van der Waals surface area (Å²) in [5.74, 6) is 0. The highest BCUT2D eigenvalue weighted by Gasteiger charge is 2.32. The van der Waals surface area contributed by atoms with Crippen molar-refractivity contribution < 1.29 is 8.42 Å². The van der Waals surface area contributed by atoms with Gasteiger partial charge in [-0.15, -0.1) is 0 Å². The number of halogens is 2. The molecule has 0 unspecified atom stereocenters. The highest BCUT2D eigenvalue weighted by molar-refractivity contribution is 7.89. The van der Waals surface area contributed by atoms with Crippen molar-refractivity contribution in [3.63, 3.8) is 0 Å². The van der Waals surface area contributed by atoms with Crippen LogP contribution in [0.2, 0.25) is 10.0 Å². The first kappa shape index (κ1) is 20.9. The van der Waals surface area contributed by atoms with Gasteiger partial charge in [-0.1, -0.05) is 44.0 Å². The maximum Gasteiger partial charge on any atom is 0.291 e. The van der Waals surface area contributed by atoms with E-state index in [2.05, 4.69) is 5.10 Å². The molecule has 0 fully saturated rings. The molecule has 2 aromatic rings. The van der Waals surface area contributed by atoms with Crippen LogP contribution in [-0.4, -0.2) is 35.6 Å². The van der Waals surface area contributed by atoms with Crippen LogP contribution in [0.25, 0.3) is 5.69 Å². The van der Waals surface area contributed by atoms with Crippen LogP contribution in [0.15, 0.2) is 40.2 Å². The maximum atomic E-state index is 12.8. The summed E-state index contributed by atoms with van der Waals surface area (Å²) >= 11 is 11.6. The molecule has 2 rings (SSSR count). The van der Waals surface area contributed by atoms with Crippen LogP contribution >= 0.6 is 23.2 Å². The number of sulfonamides is 1. The molecule has 1 heterocycles. The van der Waals surface area contributed by atoms with Crippen LogP contribution in [0, 0.1) is 5.41 Å². The quantitative estimate of drug-likeness (QED) is 0.761. The van der Waals surface area contributed by atoms with E-state index in [0.29, 0.717) is 5.69 Å². The number of benzene rings is 1. The molecule has 0 saturated heterocycles. The van der Waals surface area contributed by atoms with Crippen LogP contribution in [0.4, 0.5) is 0 Å². The minimum atomic E-state index is -3.67. The molecular formula is C17H21Cl2N3O3S. The summed E-state index contributed by atoms with van der Waals surface area (Å²) in [4.78, 5) is 12.3. The van der Waals surface area contributed by atoms with Crippen LogP contribution < -0.4 is 5.56 Å². The Balaban J connectivity index is 2.41. The first-order chi connectivity index (χ1) is 11.9. The summed E-state index contributed by atoms with van der Waals surface area (Å²) in [6.07, 6.45) is 1.26. The third-order valence-electron chi connectivity index (χ3n) is 4.43. The number of aromatic nitrogens is 2. The largest absolute Gasteiger partial charge is 0.291 e. The Morgan fingerprint density at radius 1 is 1.15 bits per heavy atom. The Morgan fingerprint density at radius 2 is 1.69 bits per heavy atom. The summed E-state index contributed by atoms with van der Waals surface area (Å²) in [5, 5.41) is 3.84. The summed E-state index contributed by atoms with van der Waals surface area (Å²) in [7, 11) is -2.11. The second-order valence-corrected chi connectivity index (χ2v) is 9.86. The van der Waals surface area contributed by atoms with Gasteiger partial charge < -0.3 is 0 Å². The van der Waals surface area contributed by atoms with Gasteiger partial charge in [-0.2, -0.15) is 14.1 Å². The fourth-order valence-electron chi connectivity index (χ4n) is 2.28. The third kappa shape index (κ3) is 3.96. The van der Waals surface area contributed by atoms with Crippen molar-refractivity contribution in [1.82, 2.24) is 14.1 Å². The van der Waals surface area contributed by atoms with E-state index in [9.17, 15) is 13.2 Å². The van der Waals surface area contributed by atoms with Crippen LogP contribution in [0.5, 0.6) is 0 Å². The van der Waals surface area contributed by atoms with Gasteiger partial charge >= 0.3 is 0 Å². The molecule has 0 radical (unpaired) electrons. The smallest absolute Gasteiger partial charge is 0.266 e. The highest BCUT2D eigenvalue weighted by Crippen LogP contribution is 2.28. The summed E-state index contributed by atoms with van der Waals surface area (Å²) < 4.78 is 28.1. The zero-order valence-corrected chi connectivity index (χ0v) is 17.5. The zero-order valence-electron chi connectivity index (χ0n) is 15.2. The standard InChI is InChI=1S/C17H21Cl2N3O3S/c1-11(17(2,3)4)21(5)26(24,25)13-8-6-12(7-9-13)22-16(23)15(19)14(18)10-20-22/h6-11H,1-5H3/t11-/m1/s1. The zero-order chi connectivity index (χ0) is 19.9. The van der Waals surface area contributed by atoms with E-state index in [1.54, 1.807) is 7.05 Å². The molecule has 0 aliphatic heterocycles. The Kier molecular flexibility index (Phi) is 5.87. The molecule has 0 aliphatic carbocycles. The SMILES string of the molecule is C[C@@H](N(C)S(=O)(=O)c1ccc(-n2ncc(Cl)c(Cl)c2=O)cc1)C(C)(C)C. The monoisotopic (exact) mass is 417 g/mol. The molecule has 1 aromatic heterocycles. The molecule has 26 heavy (non-hydrogen) atoms. The molecule has 1 aromatic carbocycles. The van der Waals surface area contributed by atoms with E-state index in [1.165, 1.54) is 34.8 Å². The summed E-state index contributed by atoms with van der Waals surface area (Å²) in [6, 6.07) is 5.68. The van der Waals surface area contributed by atoms with Crippen LogP contribution in [0.1, 0.15) is 27.7 Å². The van der Waals surface area contributed by atoms with E-state index in [1.807, 2.05) is 27.7 Å². The average molecular weight is 418 g/mol. The van der Waals surface area contributed by atoms with Crippen molar-refractivity contribution in [2.45, 2.75) is 38.6 Å². The summed E-state index contributed by atoms with van der Waals surface area (Å²) in [5.41, 5.74) is -0.397. The van der Waals surface area contributed by atoms with Gasteiger partial charge in [0.2, 0.25) is 10.0 Å². The minimum absolute atomic E-state index is 0.0601. The normalized spacial score (nSPS) is 13.8. The minimum Gasteiger partial charge on any atom is -0.266 e. The Hall–Kier alpha value is -1.41. The molecule has 142 valence electrons. The Labute approximate surface area is 163 Å². The van der Waals surface area contributed by atoms with Crippen LogP contribution in [0.3, 0.4) is 0 Å². The first-order valence-electron chi connectivity index (χ1n) is 7.89. The topological polar surface area (TPSA) is 72.3 Å². The number of rotatable bonds is 4. The van der Waals surface area contributed by atoms with E-state index in [4.69, 9.17) is 23.2 Å². The molecule has 0 saturated carbocycles. The molecule has 6 nitrogen and oxygen atoms in total. The van der Waals surface area contributed by atoms with E-state index in [0.717, 1.165) is 4.68 Å². The third-order valence-corrected chi connectivity index (χ3v) is 7.12. The van der Waals surface area contributed by atoms with Crippen molar-refractivity contribution in [3.05, 3.63) is 50.9 Å². The van der Waals surface area contributed by atoms with Crippen molar-refractivity contribution in [2.24, 2.45) is 5.41 Å². The van der Waals surface area contributed by atoms with Crippen molar-refractivity contribution in [2.75, 3.05) is 7.05 Å². The predicted octanol–water partition coefficient (Wildman–Crippen LogP) is 3.59. The molecule has 0 amide bonds. The fourth-order valence-corrected chi connectivity index (χ4v) is 4.07. The first-order valence-corrected chi connectivity index (χ1v) is 10.1. The second-order valence-electron chi connectivity index (χ2n) is 7.08. The fraction of sp³-hybridized carbons (Fsp3) is 0.412. The van der Waals surface area contributed by atoms with Gasteiger partial charge in [0.05, 0.1) is 21.8 Å². The number of hydrogen-bond acceptors (Lipinski definition) is 4. The van der Waals surface area contributed by atoms with Gasteiger partial charge in [0, 0.05) is 13.1 Å². The lowest BCUT2D eigenvalue weighted by Gasteiger charge is -2.34. The Morgan fingerprint density at radius 3 is 2.19 bits per heavy atom. The van der Waals surface area contributed by atoms with E-state index >= 15 is 0 Å². The van der Waals surface area contributed by atoms with E-state index in [-0.39, 0.29) is 26.4 Å². The lowest BCUT2D eigenvalue weighted by Crippen LogP contribution is -2.42. The lowest BCUT2D eigenvalue weighted by atomic mass is 9.88. The Bertz CT molecular complexity index is 964. The molecule has 0 aliphatic rings. The lowest BCUT2D eigenvalue weighted by molar-refractivity contribution is 0.216. The van der Waals surface area contributed by atoms with Gasteiger partial charge in [0.25, 0.3) is 5.56 Å². The molecule has 0 spiro atoms. The van der Waals surface area contributed by atoms with Crippen LogP contribution in [-0.2, 0) is 10.0 Å². The number of hydrogen-bond donors (Lipinski definition) is 0. The highest BCUT2D eigenvalue weighted by atomic mass is 35.5. The van der Waals surface area contributed by atoms with Gasteiger partial charge in [-0.3, -0.25) is 4.79 Å². The maximum absolute atomic E-state index is 12.8. The van der Waals surface area contributed by atoms with Crippen molar-refractivity contribution >= 4 is 33.2 Å².